The Hall–Kier alpha value is -0.763. The van der Waals surface area contributed by atoms with Crippen molar-refractivity contribution < 1.29 is 4.74 Å². The second kappa shape index (κ2) is 11.3. The van der Waals surface area contributed by atoms with E-state index >= 15 is 0 Å². The molecule has 1 heterocycles. The summed E-state index contributed by atoms with van der Waals surface area (Å²) in [5.41, 5.74) is 1.48. The minimum Gasteiger partial charge on any atom is -0.497 e. The van der Waals surface area contributed by atoms with Crippen molar-refractivity contribution in [3.63, 3.8) is 0 Å². The molecule has 1 aliphatic heterocycles. The van der Waals surface area contributed by atoms with Gasteiger partial charge in [0.1, 0.15) is 5.75 Å². The fourth-order valence-electron chi connectivity index (χ4n) is 5.74. The third-order valence-corrected chi connectivity index (χ3v) is 11.2. The number of rotatable bonds is 9. The van der Waals surface area contributed by atoms with Crippen LogP contribution in [-0.4, -0.2) is 15.9 Å². The first-order valence-corrected chi connectivity index (χ1v) is 14.4. The highest BCUT2D eigenvalue weighted by atomic mass is 28.3. The van der Waals surface area contributed by atoms with Crippen LogP contribution in [0.3, 0.4) is 0 Å². The summed E-state index contributed by atoms with van der Waals surface area (Å²) in [6.45, 7) is 2.34. The second-order valence-electron chi connectivity index (χ2n) is 9.44. The van der Waals surface area contributed by atoms with Gasteiger partial charge in [0.2, 0.25) is 0 Å². The van der Waals surface area contributed by atoms with E-state index in [0.717, 1.165) is 23.5 Å². The molecule has 0 bridgehead atoms. The maximum Gasteiger partial charge on any atom is 0.118 e. The summed E-state index contributed by atoms with van der Waals surface area (Å²) in [4.78, 5) is 0. The van der Waals surface area contributed by atoms with Gasteiger partial charge in [0.05, 0.1) is 7.11 Å². The number of benzene rings is 1. The van der Waals surface area contributed by atoms with Gasteiger partial charge < -0.3 is 4.74 Å². The Balaban J connectivity index is 1.32. The summed E-state index contributed by atoms with van der Waals surface area (Å²) in [5, 5.41) is 0. The Morgan fingerprint density at radius 3 is 2.19 bits per heavy atom. The van der Waals surface area contributed by atoms with E-state index in [9.17, 15) is 0 Å². The summed E-state index contributed by atoms with van der Waals surface area (Å²) in [7, 11) is 1.42. The topological polar surface area (TPSA) is 9.23 Å². The van der Waals surface area contributed by atoms with Crippen molar-refractivity contribution in [3.8, 4) is 5.75 Å². The molecule has 3 rings (SSSR count). The van der Waals surface area contributed by atoms with E-state index < -0.39 is 0 Å². The normalized spacial score (nSPS) is 28.8. The van der Waals surface area contributed by atoms with Crippen LogP contribution in [-0.2, 0) is 6.42 Å². The monoisotopic (exact) mass is 386 g/mol. The summed E-state index contributed by atoms with van der Waals surface area (Å²) in [6.07, 6.45) is 16.3. The molecule has 0 unspecified atom stereocenters. The van der Waals surface area contributed by atoms with Gasteiger partial charge in [-0.3, -0.25) is 0 Å². The van der Waals surface area contributed by atoms with Crippen molar-refractivity contribution in [1.29, 1.82) is 0 Å². The van der Waals surface area contributed by atoms with E-state index in [1.165, 1.54) is 63.4 Å². The Morgan fingerprint density at radius 2 is 1.56 bits per heavy atom. The van der Waals surface area contributed by atoms with Crippen LogP contribution in [0.5, 0.6) is 5.75 Å². The average molecular weight is 387 g/mol. The largest absolute Gasteiger partial charge is 0.497 e. The van der Waals surface area contributed by atoms with Crippen molar-refractivity contribution in [1.82, 2.24) is 0 Å². The quantitative estimate of drug-likeness (QED) is 0.320. The molecule has 1 aromatic rings. The fraction of sp³-hybridized carbons (Fsp3) is 0.760. The van der Waals surface area contributed by atoms with Gasteiger partial charge in [0, 0.05) is 8.80 Å². The van der Waals surface area contributed by atoms with Gasteiger partial charge in [0.15, 0.2) is 0 Å². The van der Waals surface area contributed by atoms with Gasteiger partial charge in [-0.25, -0.2) is 0 Å². The molecule has 0 N–H and O–H groups in total. The van der Waals surface area contributed by atoms with Crippen LogP contribution < -0.4 is 4.74 Å². The number of ether oxygens (including phenoxy) is 1. The predicted octanol–water partition coefficient (Wildman–Crippen LogP) is 7.26. The molecule has 2 fully saturated rings. The highest BCUT2D eigenvalue weighted by Gasteiger charge is 2.30. The van der Waals surface area contributed by atoms with Crippen LogP contribution in [0, 0.1) is 17.8 Å². The molecular weight excluding hydrogens is 344 g/mol. The summed E-state index contributed by atoms with van der Waals surface area (Å²) in [6, 6.07) is 13.7. The first-order valence-electron chi connectivity index (χ1n) is 11.9. The number of methoxy groups -OCH3 is 1. The lowest BCUT2D eigenvalue weighted by Crippen LogP contribution is -2.28. The Labute approximate surface area is 169 Å². The van der Waals surface area contributed by atoms with Gasteiger partial charge >= 0.3 is 0 Å². The van der Waals surface area contributed by atoms with Crippen LogP contribution in [0.2, 0.25) is 18.1 Å². The lowest BCUT2D eigenvalue weighted by atomic mass is 9.73. The molecule has 2 heteroatoms. The van der Waals surface area contributed by atoms with Crippen LogP contribution >= 0.6 is 0 Å². The molecule has 0 spiro atoms. The van der Waals surface area contributed by atoms with Crippen LogP contribution in [0.1, 0.15) is 76.7 Å². The minimum absolute atomic E-state index is 0.324. The van der Waals surface area contributed by atoms with E-state index in [2.05, 4.69) is 31.2 Å². The van der Waals surface area contributed by atoms with E-state index in [-0.39, 0.29) is 8.80 Å². The van der Waals surface area contributed by atoms with Gasteiger partial charge in [-0.05, 0) is 61.1 Å². The van der Waals surface area contributed by atoms with Crippen LogP contribution in [0.15, 0.2) is 24.3 Å². The highest BCUT2D eigenvalue weighted by molar-refractivity contribution is 6.58. The summed E-state index contributed by atoms with van der Waals surface area (Å²) >= 11 is 0. The first-order chi connectivity index (χ1) is 13.3. The van der Waals surface area contributed by atoms with Crippen molar-refractivity contribution in [2.75, 3.05) is 7.11 Å². The minimum atomic E-state index is -0.324. The molecule has 2 aliphatic rings. The molecule has 1 saturated carbocycles. The maximum absolute atomic E-state index is 5.27. The third-order valence-electron chi connectivity index (χ3n) is 7.67. The number of hydrogen-bond donors (Lipinski definition) is 0. The zero-order valence-corrected chi connectivity index (χ0v) is 19.1. The lowest BCUT2D eigenvalue weighted by molar-refractivity contribution is 0.186. The average Bonchev–Trinajstić information content (AvgIpc) is 2.74. The van der Waals surface area contributed by atoms with Crippen LogP contribution in [0.4, 0.5) is 0 Å². The third kappa shape index (κ3) is 6.66. The van der Waals surface area contributed by atoms with Crippen molar-refractivity contribution in [2.45, 2.75) is 95.7 Å². The molecule has 1 aromatic carbocycles. The smallest absolute Gasteiger partial charge is 0.118 e. The molecule has 0 aromatic heterocycles. The molecular formula is C25H42OSi. The molecule has 1 aliphatic carbocycles. The van der Waals surface area contributed by atoms with E-state index in [1.807, 2.05) is 0 Å². The van der Waals surface area contributed by atoms with E-state index in [0.29, 0.717) is 0 Å². The summed E-state index contributed by atoms with van der Waals surface area (Å²) in [5.74, 6) is 4.13. The van der Waals surface area contributed by atoms with E-state index in [4.69, 9.17) is 4.74 Å². The Morgan fingerprint density at radius 1 is 0.889 bits per heavy atom. The van der Waals surface area contributed by atoms with Crippen molar-refractivity contribution in [3.05, 3.63) is 29.8 Å². The highest BCUT2D eigenvalue weighted by Crippen LogP contribution is 2.42. The zero-order valence-electron chi connectivity index (χ0n) is 17.9. The van der Waals surface area contributed by atoms with Crippen molar-refractivity contribution >= 4 is 8.80 Å². The standard InChI is InChI=1S/C25H42OSi/c1-3-4-5-18-27-19-16-24(17-20-27)23-12-8-21(9-13-23)6-7-22-10-14-25(26-2)15-11-22/h10-11,14-15,21,23-24,27H,3-9,12-13,16-20H2,1-2H3/t21-,23-,24?,27?. The van der Waals surface area contributed by atoms with Crippen LogP contribution in [0.25, 0.3) is 0 Å². The van der Waals surface area contributed by atoms with E-state index in [1.54, 1.807) is 38.1 Å². The SMILES string of the molecule is CCCCC[SiH]1CCC([C@H]2CC[C@H](CCc3ccc(OC)cc3)CC2)CC1. The molecule has 0 radical (unpaired) electrons. The lowest BCUT2D eigenvalue weighted by Gasteiger charge is -2.37. The molecule has 1 nitrogen and oxygen atoms in total. The molecule has 0 atom stereocenters. The van der Waals surface area contributed by atoms with Gasteiger partial charge in [-0.2, -0.15) is 0 Å². The fourth-order valence-corrected chi connectivity index (χ4v) is 9.27. The van der Waals surface area contributed by atoms with Crippen molar-refractivity contribution in [2.24, 2.45) is 17.8 Å². The van der Waals surface area contributed by atoms with Gasteiger partial charge in [-0.15, -0.1) is 0 Å². The Kier molecular flexibility index (Phi) is 8.76. The second-order valence-corrected chi connectivity index (χ2v) is 12.9. The molecule has 152 valence electrons. The number of unbranched alkanes of at least 4 members (excludes halogenated alkanes) is 2. The molecule has 1 saturated heterocycles. The number of hydrogen-bond acceptors (Lipinski definition) is 1. The summed E-state index contributed by atoms with van der Waals surface area (Å²) < 4.78 is 5.27. The predicted molar refractivity (Wildman–Crippen MR) is 121 cm³/mol. The zero-order chi connectivity index (χ0) is 18.9. The first kappa shape index (κ1) is 21.0. The van der Waals surface area contributed by atoms with Gasteiger partial charge in [-0.1, -0.05) is 82.1 Å². The molecule has 0 amide bonds. The Bertz CT molecular complexity index is 510. The number of aryl methyl sites for hydroxylation is 1. The van der Waals surface area contributed by atoms with Gasteiger partial charge in [0.25, 0.3) is 0 Å². The molecule has 27 heavy (non-hydrogen) atoms. The maximum atomic E-state index is 5.27.